The average molecular weight is 300 g/mol. The lowest BCUT2D eigenvalue weighted by Gasteiger charge is -2.33. The molecule has 1 aliphatic rings. The quantitative estimate of drug-likeness (QED) is 0.912. The summed E-state index contributed by atoms with van der Waals surface area (Å²) >= 11 is 0. The molecule has 0 aromatic carbocycles. The van der Waals surface area contributed by atoms with Gasteiger partial charge in [-0.25, -0.2) is 9.97 Å². The van der Waals surface area contributed by atoms with Gasteiger partial charge in [0.05, 0.1) is 0 Å². The van der Waals surface area contributed by atoms with Crippen LogP contribution >= 0.6 is 0 Å². The molecule has 0 radical (unpaired) electrons. The number of anilines is 1. The van der Waals surface area contributed by atoms with Gasteiger partial charge in [-0.1, -0.05) is 0 Å². The Labute approximate surface area is 129 Å². The SMILES string of the molecule is Cc1ccnc(N2CCCC(NC(=O)c3ccn(C)n3)C2)n1. The van der Waals surface area contributed by atoms with Gasteiger partial charge in [0.1, 0.15) is 5.69 Å². The largest absolute Gasteiger partial charge is 0.346 e. The number of aromatic nitrogens is 4. The number of nitrogens with zero attached hydrogens (tertiary/aromatic N) is 5. The predicted octanol–water partition coefficient (Wildman–Crippen LogP) is 0.917. The van der Waals surface area contributed by atoms with Crippen LogP contribution in [0.1, 0.15) is 29.0 Å². The molecule has 1 aliphatic heterocycles. The van der Waals surface area contributed by atoms with Crippen molar-refractivity contribution in [1.82, 2.24) is 25.1 Å². The monoisotopic (exact) mass is 300 g/mol. The Morgan fingerprint density at radius 3 is 3.00 bits per heavy atom. The predicted molar refractivity (Wildman–Crippen MR) is 82.7 cm³/mol. The van der Waals surface area contributed by atoms with Crippen LogP contribution in [0.2, 0.25) is 0 Å². The molecule has 1 N–H and O–H groups in total. The van der Waals surface area contributed by atoms with Crippen molar-refractivity contribution in [3.63, 3.8) is 0 Å². The fourth-order valence-corrected chi connectivity index (χ4v) is 2.66. The molecule has 22 heavy (non-hydrogen) atoms. The molecule has 2 aromatic heterocycles. The third kappa shape index (κ3) is 3.24. The maximum absolute atomic E-state index is 12.2. The maximum Gasteiger partial charge on any atom is 0.272 e. The lowest BCUT2D eigenvalue weighted by molar-refractivity contribution is 0.0927. The molecule has 1 saturated heterocycles. The van der Waals surface area contributed by atoms with Crippen LogP contribution < -0.4 is 10.2 Å². The Kier molecular flexibility index (Phi) is 4.04. The van der Waals surface area contributed by atoms with Crippen LogP contribution in [0.25, 0.3) is 0 Å². The number of amides is 1. The lowest BCUT2D eigenvalue weighted by atomic mass is 10.1. The van der Waals surface area contributed by atoms with Gasteiger partial charge >= 0.3 is 0 Å². The molecule has 116 valence electrons. The highest BCUT2D eigenvalue weighted by molar-refractivity contribution is 5.92. The van der Waals surface area contributed by atoms with Crippen molar-refractivity contribution in [1.29, 1.82) is 0 Å². The summed E-state index contributed by atoms with van der Waals surface area (Å²) in [5.74, 6) is 0.606. The number of rotatable bonds is 3. The van der Waals surface area contributed by atoms with Crippen LogP contribution in [-0.4, -0.2) is 44.8 Å². The highest BCUT2D eigenvalue weighted by atomic mass is 16.2. The molecule has 0 aliphatic carbocycles. The van der Waals surface area contributed by atoms with Gasteiger partial charge < -0.3 is 10.2 Å². The van der Waals surface area contributed by atoms with E-state index in [1.807, 2.05) is 13.0 Å². The van der Waals surface area contributed by atoms with E-state index in [1.165, 1.54) is 0 Å². The van der Waals surface area contributed by atoms with Crippen molar-refractivity contribution >= 4 is 11.9 Å². The van der Waals surface area contributed by atoms with E-state index in [9.17, 15) is 4.79 Å². The van der Waals surface area contributed by atoms with Crippen LogP contribution in [0, 0.1) is 6.92 Å². The van der Waals surface area contributed by atoms with E-state index in [-0.39, 0.29) is 11.9 Å². The number of hydrogen-bond donors (Lipinski definition) is 1. The molecule has 7 nitrogen and oxygen atoms in total. The summed E-state index contributed by atoms with van der Waals surface area (Å²) in [6, 6.07) is 3.69. The molecule has 7 heteroatoms. The van der Waals surface area contributed by atoms with E-state index in [1.54, 1.807) is 30.2 Å². The number of carbonyl (C=O) groups excluding carboxylic acids is 1. The van der Waals surface area contributed by atoms with Crippen LogP contribution in [0.15, 0.2) is 24.5 Å². The van der Waals surface area contributed by atoms with Crippen LogP contribution in [0.5, 0.6) is 0 Å². The van der Waals surface area contributed by atoms with E-state index in [0.717, 1.165) is 37.6 Å². The summed E-state index contributed by atoms with van der Waals surface area (Å²) in [7, 11) is 1.80. The van der Waals surface area contributed by atoms with Crippen LogP contribution in [0.3, 0.4) is 0 Å². The van der Waals surface area contributed by atoms with Gasteiger partial charge in [-0.2, -0.15) is 5.10 Å². The third-order valence-electron chi connectivity index (χ3n) is 3.77. The Morgan fingerprint density at radius 1 is 1.41 bits per heavy atom. The zero-order valence-electron chi connectivity index (χ0n) is 12.9. The third-order valence-corrected chi connectivity index (χ3v) is 3.77. The van der Waals surface area contributed by atoms with Crippen molar-refractivity contribution in [2.75, 3.05) is 18.0 Å². The molecule has 1 atom stereocenters. The van der Waals surface area contributed by atoms with Gasteiger partial charge in [-0.15, -0.1) is 0 Å². The first-order valence-electron chi connectivity index (χ1n) is 7.47. The summed E-state index contributed by atoms with van der Waals surface area (Å²) in [6.07, 6.45) is 5.50. The number of carbonyl (C=O) groups is 1. The molecule has 0 bridgehead atoms. The van der Waals surface area contributed by atoms with Crippen LogP contribution in [0.4, 0.5) is 5.95 Å². The summed E-state index contributed by atoms with van der Waals surface area (Å²) in [5.41, 5.74) is 1.40. The first kappa shape index (κ1) is 14.5. The molecule has 3 heterocycles. The van der Waals surface area contributed by atoms with Crippen molar-refractivity contribution in [2.45, 2.75) is 25.8 Å². The summed E-state index contributed by atoms with van der Waals surface area (Å²) in [5, 5.41) is 7.18. The topological polar surface area (TPSA) is 75.9 Å². The first-order valence-corrected chi connectivity index (χ1v) is 7.47. The smallest absolute Gasteiger partial charge is 0.272 e. The lowest BCUT2D eigenvalue weighted by Crippen LogP contribution is -2.48. The Bertz CT molecular complexity index is 668. The molecule has 1 unspecified atom stereocenters. The van der Waals surface area contributed by atoms with Gasteiger partial charge in [-0.3, -0.25) is 9.48 Å². The number of aryl methyl sites for hydroxylation is 2. The van der Waals surface area contributed by atoms with Gasteiger partial charge in [0.2, 0.25) is 5.95 Å². The number of piperidine rings is 1. The highest BCUT2D eigenvalue weighted by Gasteiger charge is 2.24. The number of hydrogen-bond acceptors (Lipinski definition) is 5. The maximum atomic E-state index is 12.2. The van der Waals surface area contributed by atoms with Crippen molar-refractivity contribution in [3.8, 4) is 0 Å². The Morgan fingerprint density at radius 2 is 2.27 bits per heavy atom. The normalized spacial score (nSPS) is 18.3. The van der Waals surface area contributed by atoms with Crippen molar-refractivity contribution < 1.29 is 4.79 Å². The van der Waals surface area contributed by atoms with Gasteiger partial charge in [0.15, 0.2) is 0 Å². The summed E-state index contributed by atoms with van der Waals surface area (Å²) in [6.45, 7) is 3.59. The second-order valence-corrected chi connectivity index (χ2v) is 5.63. The van der Waals surface area contributed by atoms with Crippen molar-refractivity contribution in [3.05, 3.63) is 35.9 Å². The van der Waals surface area contributed by atoms with Gasteiger partial charge in [-0.05, 0) is 31.9 Å². The molecule has 0 saturated carbocycles. The number of nitrogens with one attached hydrogen (secondary N) is 1. The standard InChI is InChI=1S/C15H20N6O/c1-11-5-7-16-15(17-11)21-8-3-4-12(10-21)18-14(22)13-6-9-20(2)19-13/h5-7,9,12H,3-4,8,10H2,1-2H3,(H,18,22). The summed E-state index contributed by atoms with van der Waals surface area (Å²) in [4.78, 5) is 23.1. The van der Waals surface area contributed by atoms with Gasteiger partial charge in [0, 0.05) is 44.3 Å². The average Bonchev–Trinajstić information content (AvgIpc) is 2.94. The highest BCUT2D eigenvalue weighted by Crippen LogP contribution is 2.16. The molecule has 0 spiro atoms. The molecule has 1 fully saturated rings. The van der Waals surface area contributed by atoms with Crippen LogP contribution in [-0.2, 0) is 7.05 Å². The Hall–Kier alpha value is -2.44. The second kappa shape index (κ2) is 6.13. The first-order chi connectivity index (χ1) is 10.6. The van der Waals surface area contributed by atoms with E-state index < -0.39 is 0 Å². The Balaban J connectivity index is 1.64. The summed E-state index contributed by atoms with van der Waals surface area (Å²) < 4.78 is 1.63. The van der Waals surface area contributed by atoms with E-state index in [2.05, 4.69) is 25.3 Å². The molecule has 2 aromatic rings. The molecule has 3 rings (SSSR count). The van der Waals surface area contributed by atoms with E-state index >= 15 is 0 Å². The zero-order chi connectivity index (χ0) is 15.5. The molecular formula is C15H20N6O. The second-order valence-electron chi connectivity index (χ2n) is 5.63. The van der Waals surface area contributed by atoms with Crippen molar-refractivity contribution in [2.24, 2.45) is 7.05 Å². The molecular weight excluding hydrogens is 280 g/mol. The van der Waals surface area contributed by atoms with Gasteiger partial charge in [0.25, 0.3) is 5.91 Å². The fourth-order valence-electron chi connectivity index (χ4n) is 2.66. The minimum atomic E-state index is -0.127. The van der Waals surface area contributed by atoms with E-state index in [4.69, 9.17) is 0 Å². The zero-order valence-corrected chi connectivity index (χ0v) is 12.9. The fraction of sp³-hybridized carbons (Fsp3) is 0.467. The minimum Gasteiger partial charge on any atom is -0.346 e. The molecule has 1 amide bonds. The minimum absolute atomic E-state index is 0.0902. The van der Waals surface area contributed by atoms with E-state index in [0.29, 0.717) is 5.69 Å².